The number of carbonyl (C=O) groups excluding carboxylic acids is 1. The number of halogens is 3. The maximum absolute atomic E-state index is 12.6. The Morgan fingerprint density at radius 2 is 1.90 bits per heavy atom. The number of amides is 1. The van der Waals surface area contributed by atoms with Gasteiger partial charge >= 0.3 is 15.5 Å². The van der Waals surface area contributed by atoms with Crippen molar-refractivity contribution in [1.82, 2.24) is 10.0 Å². The standard InChI is InChI=1S/C18H23F3N2O6S/c1-16(2)28-14-13(10-23-30(25,26)18(19,20)21)27-11-17(14,29-16)8-9-22-15(24)12-6-4-3-5-7-12/h3-7,13-14,23H,8-11H2,1-2H3,(H,22,24)/t13-,14-,17+/m1/s1. The van der Waals surface area contributed by atoms with Gasteiger partial charge in [0, 0.05) is 18.7 Å². The topological polar surface area (TPSA) is 103 Å². The molecule has 168 valence electrons. The molecule has 3 rings (SSSR count). The Balaban J connectivity index is 1.63. The molecule has 0 spiro atoms. The number of fused-ring (bicyclic) bond motifs is 1. The number of ether oxygens (including phenoxy) is 3. The van der Waals surface area contributed by atoms with Gasteiger partial charge in [-0.25, -0.2) is 13.1 Å². The normalized spacial score (nSPS) is 28.3. The lowest BCUT2D eigenvalue weighted by molar-refractivity contribution is -0.190. The first-order valence-corrected chi connectivity index (χ1v) is 10.7. The van der Waals surface area contributed by atoms with E-state index in [0.29, 0.717) is 5.56 Å². The van der Waals surface area contributed by atoms with E-state index in [1.807, 2.05) is 0 Å². The van der Waals surface area contributed by atoms with Gasteiger partial charge in [0.1, 0.15) is 17.8 Å². The second-order valence-corrected chi connectivity index (χ2v) is 9.38. The molecule has 1 amide bonds. The smallest absolute Gasteiger partial charge is 0.371 e. The lowest BCUT2D eigenvalue weighted by Crippen LogP contribution is -2.48. The van der Waals surface area contributed by atoms with E-state index < -0.39 is 45.7 Å². The Morgan fingerprint density at radius 1 is 1.23 bits per heavy atom. The Labute approximate surface area is 172 Å². The first-order valence-electron chi connectivity index (χ1n) is 9.24. The molecule has 2 heterocycles. The molecule has 8 nitrogen and oxygen atoms in total. The van der Waals surface area contributed by atoms with Crippen molar-refractivity contribution in [3.05, 3.63) is 35.9 Å². The summed E-state index contributed by atoms with van der Waals surface area (Å²) in [5, 5.41) is 2.76. The predicted molar refractivity (Wildman–Crippen MR) is 98.9 cm³/mol. The number of alkyl halides is 3. The van der Waals surface area contributed by atoms with E-state index in [9.17, 15) is 26.4 Å². The maximum Gasteiger partial charge on any atom is 0.511 e. The zero-order valence-corrected chi connectivity index (χ0v) is 17.2. The summed E-state index contributed by atoms with van der Waals surface area (Å²) in [5.74, 6) is -1.32. The van der Waals surface area contributed by atoms with E-state index in [0.717, 1.165) is 0 Å². The molecule has 2 saturated heterocycles. The molecular formula is C18H23F3N2O6S. The minimum atomic E-state index is -5.50. The summed E-state index contributed by atoms with van der Waals surface area (Å²) < 4.78 is 79.1. The summed E-state index contributed by atoms with van der Waals surface area (Å²) in [6.07, 6.45) is -1.52. The number of carbonyl (C=O) groups is 1. The van der Waals surface area contributed by atoms with Crippen molar-refractivity contribution < 1.29 is 40.6 Å². The molecule has 1 aromatic carbocycles. The highest BCUT2D eigenvalue weighted by atomic mass is 32.2. The van der Waals surface area contributed by atoms with Crippen LogP contribution in [0.1, 0.15) is 30.6 Å². The largest absolute Gasteiger partial charge is 0.511 e. The minimum Gasteiger partial charge on any atom is -0.371 e. The molecule has 2 fully saturated rings. The first-order chi connectivity index (χ1) is 13.9. The summed E-state index contributed by atoms with van der Waals surface area (Å²) in [7, 11) is -5.50. The van der Waals surface area contributed by atoms with Crippen LogP contribution in [0.3, 0.4) is 0 Å². The number of nitrogens with one attached hydrogen (secondary N) is 2. The van der Waals surface area contributed by atoms with Crippen LogP contribution in [-0.4, -0.2) is 63.1 Å². The molecule has 0 aromatic heterocycles. The van der Waals surface area contributed by atoms with Crippen molar-refractivity contribution in [2.75, 3.05) is 19.7 Å². The highest BCUT2D eigenvalue weighted by Crippen LogP contribution is 2.45. The van der Waals surface area contributed by atoms with E-state index in [-0.39, 0.29) is 25.5 Å². The van der Waals surface area contributed by atoms with Gasteiger partial charge in [-0.1, -0.05) is 18.2 Å². The van der Waals surface area contributed by atoms with Crippen molar-refractivity contribution in [3.63, 3.8) is 0 Å². The molecule has 30 heavy (non-hydrogen) atoms. The van der Waals surface area contributed by atoms with Crippen molar-refractivity contribution in [1.29, 1.82) is 0 Å². The van der Waals surface area contributed by atoms with Crippen LogP contribution in [0.4, 0.5) is 13.2 Å². The van der Waals surface area contributed by atoms with Gasteiger partial charge in [-0.2, -0.15) is 13.2 Å². The first kappa shape index (κ1) is 22.9. The second kappa shape index (κ2) is 8.08. The molecule has 2 N–H and O–H groups in total. The molecule has 0 saturated carbocycles. The number of hydrogen-bond donors (Lipinski definition) is 2. The van der Waals surface area contributed by atoms with E-state index in [1.165, 1.54) is 4.72 Å². The van der Waals surface area contributed by atoms with E-state index in [4.69, 9.17) is 14.2 Å². The molecule has 0 unspecified atom stereocenters. The summed E-state index contributed by atoms with van der Waals surface area (Å²) in [4.78, 5) is 12.2. The SMILES string of the molecule is CC1(C)O[C@@H]2[C@@H](CNS(=O)(=O)C(F)(F)F)OC[C@]2(CCNC(=O)c2ccccc2)O1. The van der Waals surface area contributed by atoms with Crippen molar-refractivity contribution in [2.45, 2.75) is 49.4 Å². The van der Waals surface area contributed by atoms with Crippen molar-refractivity contribution in [2.24, 2.45) is 0 Å². The third-order valence-electron chi connectivity index (χ3n) is 4.91. The zero-order chi connectivity index (χ0) is 22.2. The van der Waals surface area contributed by atoms with Gasteiger partial charge in [0.15, 0.2) is 5.79 Å². The molecule has 0 bridgehead atoms. The van der Waals surface area contributed by atoms with E-state index in [2.05, 4.69) is 5.32 Å². The summed E-state index contributed by atoms with van der Waals surface area (Å²) in [5.41, 5.74) is -5.96. The molecule has 2 aliphatic rings. The number of hydrogen-bond acceptors (Lipinski definition) is 6. The fourth-order valence-electron chi connectivity index (χ4n) is 3.63. The molecule has 2 aliphatic heterocycles. The lowest BCUT2D eigenvalue weighted by atomic mass is 9.93. The molecule has 12 heteroatoms. The Hall–Kier alpha value is -1.73. The predicted octanol–water partition coefficient (Wildman–Crippen LogP) is 1.53. The zero-order valence-electron chi connectivity index (χ0n) is 16.4. The van der Waals surface area contributed by atoms with E-state index >= 15 is 0 Å². The van der Waals surface area contributed by atoms with Crippen LogP contribution in [0.15, 0.2) is 30.3 Å². The monoisotopic (exact) mass is 452 g/mol. The molecule has 0 aliphatic carbocycles. The van der Waals surface area contributed by atoms with Crippen LogP contribution in [0.2, 0.25) is 0 Å². The second-order valence-electron chi connectivity index (χ2n) is 7.62. The average Bonchev–Trinajstić information content (AvgIpc) is 3.09. The Morgan fingerprint density at radius 3 is 2.53 bits per heavy atom. The minimum absolute atomic E-state index is 0.0132. The number of benzene rings is 1. The van der Waals surface area contributed by atoms with Gasteiger partial charge in [-0.3, -0.25) is 4.79 Å². The van der Waals surface area contributed by atoms with Gasteiger partial charge in [-0.05, 0) is 32.4 Å². The Bertz CT molecular complexity index is 878. The van der Waals surface area contributed by atoms with E-state index in [1.54, 1.807) is 44.2 Å². The summed E-state index contributed by atoms with van der Waals surface area (Å²) >= 11 is 0. The van der Waals surface area contributed by atoms with Crippen LogP contribution in [0, 0.1) is 0 Å². The third kappa shape index (κ3) is 4.78. The quantitative estimate of drug-likeness (QED) is 0.651. The fourth-order valence-corrected chi connectivity index (χ4v) is 4.18. The molecule has 0 radical (unpaired) electrons. The third-order valence-corrected chi connectivity index (χ3v) is 6.06. The average molecular weight is 452 g/mol. The van der Waals surface area contributed by atoms with Gasteiger partial charge in [0.25, 0.3) is 5.91 Å². The van der Waals surface area contributed by atoms with Gasteiger partial charge in [-0.15, -0.1) is 0 Å². The number of sulfonamides is 1. The summed E-state index contributed by atoms with van der Waals surface area (Å²) in [6.45, 7) is 2.86. The molecular weight excluding hydrogens is 429 g/mol. The van der Waals surface area contributed by atoms with Crippen molar-refractivity contribution in [3.8, 4) is 0 Å². The lowest BCUT2D eigenvalue weighted by Gasteiger charge is -2.27. The van der Waals surface area contributed by atoms with Gasteiger partial charge in [0.05, 0.1) is 6.61 Å². The van der Waals surface area contributed by atoms with Gasteiger partial charge in [0.2, 0.25) is 0 Å². The van der Waals surface area contributed by atoms with Crippen LogP contribution < -0.4 is 10.0 Å². The van der Waals surface area contributed by atoms with Gasteiger partial charge < -0.3 is 19.5 Å². The highest BCUT2D eigenvalue weighted by Gasteiger charge is 2.60. The van der Waals surface area contributed by atoms with Crippen molar-refractivity contribution >= 4 is 15.9 Å². The number of rotatable bonds is 7. The summed E-state index contributed by atoms with van der Waals surface area (Å²) in [6, 6.07) is 8.58. The maximum atomic E-state index is 12.6. The van der Waals surface area contributed by atoms with Crippen LogP contribution in [0.25, 0.3) is 0 Å². The highest BCUT2D eigenvalue weighted by molar-refractivity contribution is 7.90. The molecule has 3 atom stereocenters. The van der Waals surface area contributed by atoms with Crippen LogP contribution in [0.5, 0.6) is 0 Å². The Kier molecular flexibility index (Phi) is 6.18. The van der Waals surface area contributed by atoms with Crippen LogP contribution in [-0.2, 0) is 24.2 Å². The fraction of sp³-hybridized carbons (Fsp3) is 0.611. The van der Waals surface area contributed by atoms with Crippen LogP contribution >= 0.6 is 0 Å². The molecule has 1 aromatic rings.